The Hall–Kier alpha value is -2.06. The van der Waals surface area contributed by atoms with Crippen LogP contribution in [0.25, 0.3) is 6.08 Å². The average molecular weight is 271 g/mol. The Balaban J connectivity index is 1.97. The monoisotopic (exact) mass is 270 g/mol. The van der Waals surface area contributed by atoms with Crippen LogP contribution in [0.15, 0.2) is 48.2 Å². The van der Waals surface area contributed by atoms with Crippen LogP contribution in [-0.4, -0.2) is 5.78 Å². The summed E-state index contributed by atoms with van der Waals surface area (Å²) < 4.78 is 5.56. The topological polar surface area (TPSA) is 26.3 Å². The molecular formula is C16H11ClO2. The summed E-state index contributed by atoms with van der Waals surface area (Å²) in [4.78, 5) is 12.2. The molecule has 0 saturated carbocycles. The molecular weight excluding hydrogens is 260 g/mol. The minimum absolute atomic E-state index is 0.127. The Morgan fingerprint density at radius 3 is 2.58 bits per heavy atom. The van der Waals surface area contributed by atoms with Gasteiger partial charge in [-0.05, 0) is 36.8 Å². The fourth-order valence-electron chi connectivity index (χ4n) is 1.98. The van der Waals surface area contributed by atoms with E-state index in [1.54, 1.807) is 24.3 Å². The van der Waals surface area contributed by atoms with Gasteiger partial charge >= 0.3 is 0 Å². The van der Waals surface area contributed by atoms with Crippen molar-refractivity contribution in [3.63, 3.8) is 0 Å². The zero-order chi connectivity index (χ0) is 13.4. The molecule has 0 unspecified atom stereocenters. The second-order valence-corrected chi connectivity index (χ2v) is 4.93. The lowest BCUT2D eigenvalue weighted by Crippen LogP contribution is -1.98. The summed E-state index contributed by atoms with van der Waals surface area (Å²) in [5.74, 6) is 0.770. The van der Waals surface area contributed by atoms with Gasteiger partial charge in [-0.3, -0.25) is 4.79 Å². The second-order valence-electron chi connectivity index (χ2n) is 4.49. The van der Waals surface area contributed by atoms with E-state index in [0.717, 1.165) is 5.56 Å². The van der Waals surface area contributed by atoms with Crippen molar-refractivity contribution < 1.29 is 9.53 Å². The number of hydrogen-bond donors (Lipinski definition) is 0. The highest BCUT2D eigenvalue weighted by Gasteiger charge is 2.27. The van der Waals surface area contributed by atoms with Gasteiger partial charge in [-0.1, -0.05) is 41.4 Å². The van der Waals surface area contributed by atoms with E-state index in [-0.39, 0.29) is 5.78 Å². The minimum atomic E-state index is -0.127. The number of ketones is 1. The van der Waals surface area contributed by atoms with Crippen LogP contribution in [0.1, 0.15) is 21.5 Å². The normalized spacial score (nSPS) is 15.5. The first-order valence-corrected chi connectivity index (χ1v) is 6.32. The maximum absolute atomic E-state index is 12.2. The third-order valence-electron chi connectivity index (χ3n) is 3.01. The lowest BCUT2D eigenvalue weighted by atomic mass is 10.1. The molecule has 19 heavy (non-hydrogen) atoms. The summed E-state index contributed by atoms with van der Waals surface area (Å²) in [5, 5.41) is 0.535. The summed E-state index contributed by atoms with van der Waals surface area (Å²) in [5.41, 5.74) is 2.63. The van der Waals surface area contributed by atoms with E-state index < -0.39 is 0 Å². The molecule has 0 aromatic heterocycles. The van der Waals surface area contributed by atoms with E-state index in [2.05, 4.69) is 0 Å². The van der Waals surface area contributed by atoms with Gasteiger partial charge in [-0.15, -0.1) is 0 Å². The molecule has 0 fully saturated rings. The third kappa shape index (κ3) is 2.27. The molecule has 0 N–H and O–H groups in total. The van der Waals surface area contributed by atoms with Crippen LogP contribution in [0.4, 0.5) is 0 Å². The van der Waals surface area contributed by atoms with Gasteiger partial charge in [0, 0.05) is 5.02 Å². The first kappa shape index (κ1) is 12.0. The molecule has 0 amide bonds. The third-order valence-corrected chi connectivity index (χ3v) is 3.24. The summed E-state index contributed by atoms with van der Waals surface area (Å²) >= 11 is 5.89. The van der Waals surface area contributed by atoms with Crippen molar-refractivity contribution in [2.75, 3.05) is 0 Å². The van der Waals surface area contributed by atoms with E-state index in [1.165, 1.54) is 5.56 Å². The number of fused-ring (bicyclic) bond motifs is 1. The Bertz CT molecular complexity index is 684. The van der Waals surface area contributed by atoms with Crippen LogP contribution in [0.3, 0.4) is 0 Å². The van der Waals surface area contributed by atoms with E-state index >= 15 is 0 Å². The molecule has 3 rings (SSSR count). The quantitative estimate of drug-likeness (QED) is 0.724. The van der Waals surface area contributed by atoms with Crippen molar-refractivity contribution >= 4 is 23.5 Å². The van der Waals surface area contributed by atoms with E-state index in [0.29, 0.717) is 22.1 Å². The number of allylic oxidation sites excluding steroid dienone is 1. The van der Waals surface area contributed by atoms with Gasteiger partial charge in [0.1, 0.15) is 5.75 Å². The molecule has 1 aliphatic rings. The second kappa shape index (κ2) is 4.56. The van der Waals surface area contributed by atoms with Crippen LogP contribution in [0.2, 0.25) is 5.02 Å². The average Bonchev–Trinajstić information content (AvgIpc) is 2.70. The summed E-state index contributed by atoms with van der Waals surface area (Å²) in [6.07, 6.45) is 1.75. The predicted octanol–water partition coefficient (Wildman–Crippen LogP) is 4.26. The molecule has 2 aromatic carbocycles. The number of halogens is 1. The van der Waals surface area contributed by atoms with Crippen LogP contribution < -0.4 is 4.74 Å². The first-order valence-electron chi connectivity index (χ1n) is 5.94. The van der Waals surface area contributed by atoms with Gasteiger partial charge in [0.2, 0.25) is 5.78 Å². The number of aryl methyl sites for hydroxylation is 1. The van der Waals surface area contributed by atoms with Gasteiger partial charge in [0.15, 0.2) is 5.76 Å². The van der Waals surface area contributed by atoms with Gasteiger partial charge < -0.3 is 4.74 Å². The molecule has 0 aliphatic carbocycles. The molecule has 0 radical (unpaired) electrons. The maximum Gasteiger partial charge on any atom is 0.232 e. The Morgan fingerprint density at radius 2 is 1.84 bits per heavy atom. The summed E-state index contributed by atoms with van der Waals surface area (Å²) in [6.45, 7) is 2.02. The molecule has 94 valence electrons. The number of hydrogen-bond acceptors (Lipinski definition) is 2. The Kier molecular flexibility index (Phi) is 2.88. The van der Waals surface area contributed by atoms with Gasteiger partial charge in [-0.2, -0.15) is 0 Å². The molecule has 1 heterocycles. The van der Waals surface area contributed by atoms with Crippen molar-refractivity contribution in [2.45, 2.75) is 6.92 Å². The molecule has 3 heteroatoms. The minimum Gasteiger partial charge on any atom is -0.452 e. The lowest BCUT2D eigenvalue weighted by Gasteiger charge is -1.99. The Morgan fingerprint density at radius 1 is 1.11 bits per heavy atom. The van der Waals surface area contributed by atoms with E-state index in [1.807, 2.05) is 31.2 Å². The molecule has 1 aliphatic heterocycles. The summed E-state index contributed by atoms with van der Waals surface area (Å²) in [7, 11) is 0. The molecule has 0 saturated heterocycles. The van der Waals surface area contributed by atoms with Crippen molar-refractivity contribution in [2.24, 2.45) is 0 Å². The van der Waals surface area contributed by atoms with Gasteiger partial charge in [0.05, 0.1) is 5.56 Å². The standard InChI is InChI=1S/C16H11ClO2/c1-10-2-4-11(5-3-10)8-15-16(18)13-9-12(17)6-7-14(13)19-15/h2-9H,1H3/b15-8-. The first-order chi connectivity index (χ1) is 9.13. The SMILES string of the molecule is Cc1ccc(/C=C2\Oc3ccc(Cl)cc3C2=O)cc1. The zero-order valence-corrected chi connectivity index (χ0v) is 11.1. The smallest absolute Gasteiger partial charge is 0.232 e. The van der Waals surface area contributed by atoms with E-state index in [9.17, 15) is 4.79 Å². The molecule has 2 aromatic rings. The fraction of sp³-hybridized carbons (Fsp3) is 0.0625. The van der Waals surface area contributed by atoms with E-state index in [4.69, 9.17) is 16.3 Å². The highest BCUT2D eigenvalue weighted by Crippen LogP contribution is 2.33. The molecule has 2 nitrogen and oxygen atoms in total. The molecule has 0 spiro atoms. The van der Waals surface area contributed by atoms with Gasteiger partial charge in [-0.25, -0.2) is 0 Å². The number of carbonyl (C=O) groups is 1. The zero-order valence-electron chi connectivity index (χ0n) is 10.3. The number of rotatable bonds is 1. The number of ether oxygens (including phenoxy) is 1. The largest absolute Gasteiger partial charge is 0.452 e. The molecule has 0 bridgehead atoms. The van der Waals surface area contributed by atoms with Gasteiger partial charge in [0.25, 0.3) is 0 Å². The molecule has 0 atom stereocenters. The maximum atomic E-state index is 12.2. The fourth-order valence-corrected chi connectivity index (χ4v) is 2.15. The highest BCUT2D eigenvalue weighted by molar-refractivity contribution is 6.31. The lowest BCUT2D eigenvalue weighted by molar-refractivity contribution is 0.101. The number of benzene rings is 2. The summed E-state index contributed by atoms with van der Waals surface area (Å²) in [6, 6.07) is 13.0. The number of carbonyl (C=O) groups excluding carboxylic acids is 1. The van der Waals surface area contributed by atoms with Crippen molar-refractivity contribution in [1.82, 2.24) is 0 Å². The van der Waals surface area contributed by atoms with Crippen LogP contribution in [0.5, 0.6) is 5.75 Å². The highest BCUT2D eigenvalue weighted by atomic mass is 35.5. The van der Waals surface area contributed by atoms with Crippen molar-refractivity contribution in [3.05, 3.63) is 69.9 Å². The van der Waals surface area contributed by atoms with Crippen LogP contribution >= 0.6 is 11.6 Å². The van der Waals surface area contributed by atoms with Crippen LogP contribution in [-0.2, 0) is 0 Å². The number of Topliss-reactive ketones (excluding diaryl/α,β-unsaturated/α-hetero) is 1. The van der Waals surface area contributed by atoms with Crippen molar-refractivity contribution in [1.29, 1.82) is 0 Å². The van der Waals surface area contributed by atoms with Crippen LogP contribution in [0, 0.1) is 6.92 Å². The van der Waals surface area contributed by atoms with Crippen molar-refractivity contribution in [3.8, 4) is 5.75 Å². The predicted molar refractivity (Wildman–Crippen MR) is 75.6 cm³/mol. The Labute approximate surface area is 116 Å².